The highest BCUT2D eigenvalue weighted by molar-refractivity contribution is 5.79. The van der Waals surface area contributed by atoms with E-state index in [4.69, 9.17) is 0 Å². The second-order valence-corrected chi connectivity index (χ2v) is 6.78. The number of benzene rings is 3. The largest absolute Gasteiger partial charge is 0.573 e. The summed E-state index contributed by atoms with van der Waals surface area (Å²) in [7, 11) is 0. The summed E-state index contributed by atoms with van der Waals surface area (Å²) in [5, 5.41) is 0.0548. The molecule has 0 aliphatic carbocycles. The maximum Gasteiger partial charge on any atom is 0.573 e. The molecule has 3 aromatic carbocycles. The molecule has 0 spiro atoms. The summed E-state index contributed by atoms with van der Waals surface area (Å²) in [5.41, 5.74) is 1.58. The second-order valence-electron chi connectivity index (χ2n) is 6.78. The second kappa shape index (κ2) is 7.67. The maximum absolute atomic E-state index is 13.4. The monoisotopic (exact) mass is 410 g/mol. The summed E-state index contributed by atoms with van der Waals surface area (Å²) in [6.45, 7) is 1.71. The van der Waals surface area contributed by atoms with Crippen molar-refractivity contribution in [2.45, 2.75) is 19.3 Å². The average molecular weight is 410 g/mol. The highest BCUT2D eigenvalue weighted by Gasteiger charge is 2.31. The van der Waals surface area contributed by atoms with Gasteiger partial charge in [-0.3, -0.25) is 9.36 Å². The van der Waals surface area contributed by atoms with Gasteiger partial charge in [0.15, 0.2) is 0 Å². The van der Waals surface area contributed by atoms with Crippen LogP contribution in [0.4, 0.5) is 13.2 Å². The maximum atomic E-state index is 13.4. The molecule has 1 heterocycles. The lowest BCUT2D eigenvalue weighted by Gasteiger charge is -2.23. The SMILES string of the molecule is Cc1nc2ccc(OC(F)(F)F)cc2c(=O)n1C(c1ccccc1)c1ccccc1. The first-order valence-electron chi connectivity index (χ1n) is 9.22. The number of aryl methyl sites for hydroxylation is 1. The van der Waals surface area contributed by atoms with Crippen molar-refractivity contribution in [3.8, 4) is 5.75 Å². The minimum Gasteiger partial charge on any atom is -0.406 e. The van der Waals surface area contributed by atoms with Gasteiger partial charge < -0.3 is 4.74 Å². The van der Waals surface area contributed by atoms with E-state index in [1.54, 1.807) is 6.92 Å². The fourth-order valence-corrected chi connectivity index (χ4v) is 3.55. The van der Waals surface area contributed by atoms with Gasteiger partial charge in [0.2, 0.25) is 0 Å². The number of alkyl halides is 3. The number of nitrogens with zero attached hydrogens (tertiary/aromatic N) is 2. The highest BCUT2D eigenvalue weighted by Crippen LogP contribution is 2.29. The van der Waals surface area contributed by atoms with E-state index in [0.717, 1.165) is 23.3 Å². The molecule has 7 heteroatoms. The molecule has 0 unspecified atom stereocenters. The fourth-order valence-electron chi connectivity index (χ4n) is 3.55. The number of fused-ring (bicyclic) bond motifs is 1. The topological polar surface area (TPSA) is 44.1 Å². The average Bonchev–Trinajstić information content (AvgIpc) is 2.72. The number of rotatable bonds is 4. The predicted molar refractivity (Wildman–Crippen MR) is 108 cm³/mol. The minimum atomic E-state index is -4.85. The molecule has 0 atom stereocenters. The van der Waals surface area contributed by atoms with E-state index in [1.807, 2.05) is 60.7 Å². The Morgan fingerprint density at radius 1 is 0.900 bits per heavy atom. The van der Waals surface area contributed by atoms with Gasteiger partial charge in [-0.25, -0.2) is 4.98 Å². The van der Waals surface area contributed by atoms with Crippen LogP contribution in [0.5, 0.6) is 5.75 Å². The van der Waals surface area contributed by atoms with Crippen LogP contribution in [0.1, 0.15) is 23.0 Å². The Morgan fingerprint density at radius 3 is 2.00 bits per heavy atom. The van der Waals surface area contributed by atoms with Gasteiger partial charge in [0.1, 0.15) is 11.6 Å². The molecule has 0 saturated carbocycles. The van der Waals surface area contributed by atoms with Crippen molar-refractivity contribution in [1.29, 1.82) is 0 Å². The zero-order valence-electron chi connectivity index (χ0n) is 15.9. The van der Waals surface area contributed by atoms with Gasteiger partial charge in [0, 0.05) is 0 Å². The Morgan fingerprint density at radius 2 is 1.47 bits per heavy atom. The quantitative estimate of drug-likeness (QED) is 0.462. The van der Waals surface area contributed by atoms with E-state index in [-0.39, 0.29) is 5.39 Å². The van der Waals surface area contributed by atoms with E-state index in [1.165, 1.54) is 10.6 Å². The van der Waals surface area contributed by atoms with Crippen molar-refractivity contribution < 1.29 is 17.9 Å². The van der Waals surface area contributed by atoms with E-state index in [2.05, 4.69) is 9.72 Å². The molecule has 0 bridgehead atoms. The third kappa shape index (κ3) is 3.91. The third-order valence-electron chi connectivity index (χ3n) is 4.77. The molecule has 0 radical (unpaired) electrons. The van der Waals surface area contributed by atoms with Crippen LogP contribution in [0.25, 0.3) is 10.9 Å². The molecule has 0 aliphatic rings. The summed E-state index contributed by atoms with van der Waals surface area (Å²) in [6, 6.07) is 21.9. The van der Waals surface area contributed by atoms with Crippen LogP contribution in [-0.2, 0) is 0 Å². The van der Waals surface area contributed by atoms with Crippen molar-refractivity contribution in [2.24, 2.45) is 0 Å². The Balaban J connectivity index is 1.96. The van der Waals surface area contributed by atoms with E-state index in [9.17, 15) is 18.0 Å². The van der Waals surface area contributed by atoms with Crippen LogP contribution >= 0.6 is 0 Å². The minimum absolute atomic E-state index is 0.0548. The molecule has 0 amide bonds. The molecule has 4 nitrogen and oxygen atoms in total. The summed E-state index contributed by atoms with van der Waals surface area (Å²) in [5.74, 6) is -0.00466. The standard InChI is InChI=1S/C23H17F3N2O2/c1-15-27-20-13-12-18(30-23(24,25)26)14-19(20)22(29)28(15)21(16-8-4-2-5-9-16)17-10-6-3-7-11-17/h2-14,21H,1H3. The lowest BCUT2D eigenvalue weighted by molar-refractivity contribution is -0.274. The number of hydrogen-bond donors (Lipinski definition) is 0. The normalized spacial score (nSPS) is 11.8. The molecular weight excluding hydrogens is 393 g/mol. The number of hydrogen-bond acceptors (Lipinski definition) is 3. The summed E-state index contributed by atoms with van der Waals surface area (Å²) < 4.78 is 43.4. The molecule has 0 fully saturated rings. The Kier molecular flexibility index (Phi) is 5.03. The Labute approximate surface area is 170 Å². The van der Waals surface area contributed by atoms with Gasteiger partial charge >= 0.3 is 6.36 Å². The van der Waals surface area contributed by atoms with Crippen molar-refractivity contribution in [2.75, 3.05) is 0 Å². The summed E-state index contributed by atoms with van der Waals surface area (Å²) in [4.78, 5) is 17.9. The molecular formula is C23H17F3N2O2. The van der Waals surface area contributed by atoms with Gasteiger partial charge in [-0.05, 0) is 36.2 Å². The fraction of sp³-hybridized carbons (Fsp3) is 0.130. The zero-order chi connectivity index (χ0) is 21.3. The molecule has 152 valence electrons. The number of aromatic nitrogens is 2. The van der Waals surface area contributed by atoms with Crippen molar-refractivity contribution in [1.82, 2.24) is 9.55 Å². The molecule has 30 heavy (non-hydrogen) atoms. The molecule has 4 aromatic rings. The lowest BCUT2D eigenvalue weighted by atomic mass is 9.98. The van der Waals surface area contributed by atoms with Crippen LogP contribution in [0.2, 0.25) is 0 Å². The first-order chi connectivity index (χ1) is 14.3. The van der Waals surface area contributed by atoms with Gasteiger partial charge in [0.05, 0.1) is 16.9 Å². The van der Waals surface area contributed by atoms with Crippen LogP contribution in [-0.4, -0.2) is 15.9 Å². The Bertz CT molecular complexity index is 1200. The van der Waals surface area contributed by atoms with Gasteiger partial charge in [-0.15, -0.1) is 13.2 Å². The van der Waals surface area contributed by atoms with Crippen molar-refractivity contribution in [3.63, 3.8) is 0 Å². The molecule has 1 aromatic heterocycles. The van der Waals surface area contributed by atoms with Crippen molar-refractivity contribution >= 4 is 10.9 Å². The van der Waals surface area contributed by atoms with Gasteiger partial charge in [-0.1, -0.05) is 60.7 Å². The summed E-state index contributed by atoms with van der Waals surface area (Å²) in [6.07, 6.45) is -4.85. The van der Waals surface area contributed by atoms with E-state index >= 15 is 0 Å². The van der Waals surface area contributed by atoms with Crippen LogP contribution in [0.3, 0.4) is 0 Å². The van der Waals surface area contributed by atoms with E-state index < -0.39 is 23.7 Å². The molecule has 0 aliphatic heterocycles. The highest BCUT2D eigenvalue weighted by atomic mass is 19.4. The number of ether oxygens (including phenoxy) is 1. The smallest absolute Gasteiger partial charge is 0.406 e. The predicted octanol–water partition coefficient (Wildman–Crippen LogP) is 5.24. The molecule has 0 N–H and O–H groups in total. The van der Waals surface area contributed by atoms with Crippen LogP contribution in [0.15, 0.2) is 83.7 Å². The van der Waals surface area contributed by atoms with Crippen LogP contribution in [0, 0.1) is 6.92 Å². The Hall–Kier alpha value is -3.61. The number of halogens is 3. The van der Waals surface area contributed by atoms with Gasteiger partial charge in [0.25, 0.3) is 5.56 Å². The van der Waals surface area contributed by atoms with Crippen molar-refractivity contribution in [3.05, 3.63) is 106 Å². The lowest BCUT2D eigenvalue weighted by Crippen LogP contribution is -2.29. The zero-order valence-corrected chi connectivity index (χ0v) is 15.9. The van der Waals surface area contributed by atoms with Crippen LogP contribution < -0.4 is 10.3 Å². The van der Waals surface area contributed by atoms with E-state index in [0.29, 0.717) is 11.3 Å². The van der Waals surface area contributed by atoms with Gasteiger partial charge in [-0.2, -0.15) is 0 Å². The third-order valence-corrected chi connectivity index (χ3v) is 4.77. The first-order valence-corrected chi connectivity index (χ1v) is 9.22. The first kappa shape index (κ1) is 19.7. The molecule has 0 saturated heterocycles. The molecule has 4 rings (SSSR count). The summed E-state index contributed by atoms with van der Waals surface area (Å²) >= 11 is 0.